The number of nitrogens with one attached hydrogen (secondary N) is 2. The molecule has 2 aromatic rings. The Kier molecular flexibility index (Phi) is 9.97. The van der Waals surface area contributed by atoms with Gasteiger partial charge in [0.1, 0.15) is 11.6 Å². The number of allylic oxidation sites excluding steroid dienone is 1. The number of carbonyl (C=O) groups is 2. The fraction of sp³-hybridized carbons (Fsp3) is 0.643. The average Bonchev–Trinajstić information content (AvgIpc) is 3.45. The second kappa shape index (κ2) is 12.0. The normalized spacial score (nSPS) is 15.3. The van der Waals surface area contributed by atoms with Crippen molar-refractivity contribution >= 4 is 29.0 Å². The van der Waals surface area contributed by atoms with Crippen LogP contribution in [0.15, 0.2) is 19.0 Å². The highest BCUT2D eigenvalue weighted by Crippen LogP contribution is 2.43. The fourth-order valence-electron chi connectivity index (χ4n) is 3.96. The lowest BCUT2D eigenvalue weighted by Crippen LogP contribution is -2.40. The molecule has 9 nitrogen and oxygen atoms in total. The molecule has 2 heterocycles. The molecule has 0 spiro atoms. The summed E-state index contributed by atoms with van der Waals surface area (Å²) in [4.78, 5) is 26.1. The van der Waals surface area contributed by atoms with Crippen LogP contribution in [0.2, 0.25) is 0 Å². The summed E-state index contributed by atoms with van der Waals surface area (Å²) >= 11 is 0. The molecule has 0 aliphatic heterocycles. The van der Waals surface area contributed by atoms with Crippen molar-refractivity contribution in [2.75, 3.05) is 10.6 Å². The van der Waals surface area contributed by atoms with Crippen LogP contribution in [-0.2, 0) is 15.2 Å². The molecule has 0 saturated heterocycles. The molecule has 43 heavy (non-hydrogen) atoms. The van der Waals surface area contributed by atoms with Crippen molar-refractivity contribution in [1.29, 1.82) is 0 Å². The number of carbonyl (C=O) groups excluding carboxylic acids is 2. The molecule has 2 rings (SSSR count). The number of hydrogen-bond acceptors (Lipinski definition) is 5. The first kappa shape index (κ1) is 35.8. The van der Waals surface area contributed by atoms with Crippen LogP contribution in [0.3, 0.4) is 0 Å². The summed E-state index contributed by atoms with van der Waals surface area (Å²) in [6.45, 7) is 16.5. The van der Waals surface area contributed by atoms with Gasteiger partial charge >= 0.3 is 12.4 Å². The minimum absolute atomic E-state index is 0.114. The smallest absolute Gasteiger partial charge is 0.376 e. The van der Waals surface area contributed by atoms with Gasteiger partial charge in [-0.3, -0.25) is 9.59 Å². The van der Waals surface area contributed by atoms with Crippen molar-refractivity contribution in [1.82, 2.24) is 19.6 Å². The first-order valence-corrected chi connectivity index (χ1v) is 13.6. The maximum absolute atomic E-state index is 13.6. The third-order valence-electron chi connectivity index (χ3n) is 7.19. The molecule has 2 atom stereocenters. The summed E-state index contributed by atoms with van der Waals surface area (Å²) in [5.41, 5.74) is -7.66. The molecule has 0 aromatic carbocycles. The maximum Gasteiger partial charge on any atom is 0.421 e. The summed E-state index contributed by atoms with van der Waals surface area (Å²) in [6.07, 6.45) is -7.73. The van der Waals surface area contributed by atoms with Crippen molar-refractivity contribution < 1.29 is 41.0 Å². The number of aromatic nitrogens is 4. The Hall–Kier alpha value is -3.36. The Morgan fingerprint density at radius 2 is 1.40 bits per heavy atom. The van der Waals surface area contributed by atoms with Crippen LogP contribution in [-0.4, -0.2) is 48.8 Å². The lowest BCUT2D eigenvalue weighted by molar-refractivity contribution is -0.258. The molecule has 3 N–H and O–H groups in total. The lowest BCUT2D eigenvalue weighted by Gasteiger charge is -2.29. The van der Waals surface area contributed by atoms with Gasteiger partial charge in [0.2, 0.25) is 11.8 Å². The van der Waals surface area contributed by atoms with Crippen LogP contribution >= 0.6 is 0 Å². The monoisotopic (exact) mass is 622 g/mol. The molecule has 0 radical (unpaired) electrons. The minimum atomic E-state index is -5.05. The number of halogens is 6. The van der Waals surface area contributed by atoms with Gasteiger partial charge < -0.3 is 15.7 Å². The van der Waals surface area contributed by atoms with Crippen LogP contribution < -0.4 is 10.6 Å². The highest BCUT2D eigenvalue weighted by atomic mass is 19.4. The van der Waals surface area contributed by atoms with Crippen LogP contribution in [0.5, 0.6) is 0 Å². The average molecular weight is 623 g/mol. The molecule has 2 amide bonds. The quantitative estimate of drug-likeness (QED) is 0.247. The van der Waals surface area contributed by atoms with Gasteiger partial charge in [0.15, 0.2) is 5.60 Å². The van der Waals surface area contributed by atoms with Crippen LogP contribution in [0.4, 0.5) is 38.0 Å². The van der Waals surface area contributed by atoms with Crippen molar-refractivity contribution in [3.63, 3.8) is 0 Å². The van der Waals surface area contributed by atoms with Crippen molar-refractivity contribution in [2.24, 2.45) is 10.8 Å². The fourth-order valence-corrected chi connectivity index (χ4v) is 3.96. The third-order valence-corrected chi connectivity index (χ3v) is 7.19. The summed E-state index contributed by atoms with van der Waals surface area (Å²) in [6, 6.07) is -1.08. The summed E-state index contributed by atoms with van der Waals surface area (Å²) in [5, 5.41) is 23.3. The van der Waals surface area contributed by atoms with Gasteiger partial charge in [-0.15, -0.1) is 0 Å². The highest BCUT2D eigenvalue weighted by Gasteiger charge is 2.53. The van der Waals surface area contributed by atoms with Gasteiger partial charge in [0, 0.05) is 22.4 Å². The second-order valence-electron chi connectivity index (χ2n) is 12.8. The molecule has 242 valence electrons. The maximum atomic E-state index is 13.6. The molecule has 15 heteroatoms. The summed E-state index contributed by atoms with van der Waals surface area (Å²) < 4.78 is 83.8. The van der Waals surface area contributed by atoms with Gasteiger partial charge in [0.25, 0.3) is 0 Å². The van der Waals surface area contributed by atoms with E-state index in [1.807, 2.05) is 0 Å². The summed E-state index contributed by atoms with van der Waals surface area (Å²) in [7, 11) is 0. The van der Waals surface area contributed by atoms with E-state index in [2.05, 4.69) is 27.4 Å². The molecule has 2 aromatic heterocycles. The SMILES string of the molecule is C=C(c1cnn(C(C)CCC(C)(C)C(=O)Nc2c(C(C)(O)C(F)(F)F)cnn2C(C)C)c1NC(=O)C(C)(C)C)C(F)(F)F. The largest absolute Gasteiger partial charge is 0.421 e. The molecular formula is C28H40F6N6O3. The van der Waals surface area contributed by atoms with E-state index in [9.17, 15) is 41.0 Å². The van der Waals surface area contributed by atoms with Crippen molar-refractivity contribution in [2.45, 2.75) is 105 Å². The van der Waals surface area contributed by atoms with E-state index in [1.165, 1.54) is 4.68 Å². The number of rotatable bonds is 10. The topological polar surface area (TPSA) is 114 Å². The Morgan fingerprint density at radius 1 is 0.884 bits per heavy atom. The van der Waals surface area contributed by atoms with Gasteiger partial charge in [0.05, 0.1) is 29.6 Å². The molecule has 0 aliphatic rings. The van der Waals surface area contributed by atoms with Crippen molar-refractivity contribution in [3.8, 4) is 0 Å². The number of anilines is 2. The molecule has 2 unspecified atom stereocenters. The minimum Gasteiger partial charge on any atom is -0.376 e. The first-order chi connectivity index (χ1) is 19.2. The van der Waals surface area contributed by atoms with E-state index in [0.29, 0.717) is 6.92 Å². The van der Waals surface area contributed by atoms with Gasteiger partial charge in [-0.1, -0.05) is 41.2 Å². The van der Waals surface area contributed by atoms with E-state index in [1.54, 1.807) is 55.4 Å². The number of nitrogens with zero attached hydrogens (tertiary/aromatic N) is 4. The Balaban J connectivity index is 2.37. The standard InChI is InChI=1S/C28H40F6N6O3/c1-15(2)39-21(19(14-36-39)26(10,43)28(32,33)34)38-23(42)25(8,9)12-11-16(3)40-20(37-22(41)24(5,6)7)18(13-35-40)17(4)27(29,30)31/h13-16,43H,4,11-12H2,1-3,5-10H3,(H,37,41)(H,38,42). The van der Waals surface area contributed by atoms with Crippen LogP contribution in [0.1, 0.15) is 98.4 Å². The zero-order valence-corrected chi connectivity index (χ0v) is 25.8. The van der Waals surface area contributed by atoms with E-state index >= 15 is 0 Å². The first-order valence-electron chi connectivity index (χ1n) is 13.6. The van der Waals surface area contributed by atoms with Gasteiger partial charge in [-0.2, -0.15) is 36.5 Å². The number of amides is 2. The highest BCUT2D eigenvalue weighted by molar-refractivity contribution is 5.96. The van der Waals surface area contributed by atoms with E-state index in [4.69, 9.17) is 0 Å². The van der Waals surface area contributed by atoms with Gasteiger partial charge in [-0.05, 0) is 40.5 Å². The third kappa shape index (κ3) is 7.78. The molecule has 0 aliphatic carbocycles. The number of aliphatic hydroxyl groups is 1. The molecule has 0 fully saturated rings. The number of alkyl halides is 6. The Morgan fingerprint density at radius 3 is 1.86 bits per heavy atom. The predicted molar refractivity (Wildman–Crippen MR) is 150 cm³/mol. The second-order valence-corrected chi connectivity index (χ2v) is 12.8. The van der Waals surface area contributed by atoms with E-state index < -0.39 is 69.4 Å². The number of hydrogen-bond donors (Lipinski definition) is 3. The Bertz CT molecular complexity index is 1350. The van der Waals surface area contributed by atoms with Gasteiger partial charge in [-0.25, -0.2) is 9.36 Å². The van der Waals surface area contributed by atoms with Crippen LogP contribution in [0, 0.1) is 10.8 Å². The molecule has 0 bridgehead atoms. The summed E-state index contributed by atoms with van der Waals surface area (Å²) in [5.74, 6) is -1.73. The molecular weight excluding hydrogens is 582 g/mol. The van der Waals surface area contributed by atoms with E-state index in [0.717, 1.165) is 17.1 Å². The zero-order valence-electron chi connectivity index (χ0n) is 25.8. The zero-order chi connectivity index (χ0) is 33.5. The predicted octanol–water partition coefficient (Wildman–Crippen LogP) is 7.00. The molecule has 0 saturated carbocycles. The Labute approximate surface area is 246 Å². The lowest BCUT2D eigenvalue weighted by atomic mass is 9.85. The van der Waals surface area contributed by atoms with E-state index in [-0.39, 0.29) is 24.5 Å². The van der Waals surface area contributed by atoms with Crippen LogP contribution in [0.25, 0.3) is 5.57 Å². The van der Waals surface area contributed by atoms with Crippen molar-refractivity contribution in [3.05, 3.63) is 30.1 Å².